The van der Waals surface area contributed by atoms with Gasteiger partial charge in [0.05, 0.1) is 12.1 Å². The van der Waals surface area contributed by atoms with Gasteiger partial charge in [-0.3, -0.25) is 0 Å². The van der Waals surface area contributed by atoms with Gasteiger partial charge in [-0.15, -0.1) is 0 Å². The first-order chi connectivity index (χ1) is 5.51. The second-order valence-corrected chi connectivity index (χ2v) is 3.40. The maximum absolute atomic E-state index is 13.1. The number of nitriles is 1. The quantitative estimate of drug-likeness (QED) is 0.661. The summed E-state index contributed by atoms with van der Waals surface area (Å²) in [6.07, 6.45) is 3.35. The predicted octanol–water partition coefficient (Wildman–Crippen LogP) is 2.11. The fraction of sp³-hybridized carbons (Fsp3) is 0.444. The van der Waals surface area contributed by atoms with Crippen molar-refractivity contribution in [1.82, 2.24) is 4.57 Å². The third kappa shape index (κ3) is 2.39. The zero-order chi connectivity index (χ0) is 9.19. The number of rotatable bonds is 2. The van der Waals surface area contributed by atoms with Gasteiger partial charge in [-0.2, -0.15) is 5.26 Å². The Hall–Kier alpha value is -1.30. The van der Waals surface area contributed by atoms with Gasteiger partial charge in [0.1, 0.15) is 11.7 Å². The van der Waals surface area contributed by atoms with Gasteiger partial charge in [-0.05, 0) is 19.9 Å². The molecule has 0 aliphatic carbocycles. The van der Waals surface area contributed by atoms with Crippen molar-refractivity contribution in [2.75, 3.05) is 0 Å². The van der Waals surface area contributed by atoms with Gasteiger partial charge < -0.3 is 4.57 Å². The molecule has 0 radical (unpaired) electrons. The second kappa shape index (κ2) is 2.98. The molecule has 0 spiro atoms. The number of nitrogens with zero attached hydrogens (tertiary/aromatic N) is 2. The smallest absolute Gasteiger partial charge is 0.123 e. The lowest BCUT2D eigenvalue weighted by atomic mass is 10.2. The van der Waals surface area contributed by atoms with Crippen molar-refractivity contribution >= 4 is 0 Å². The van der Waals surface area contributed by atoms with Crippen molar-refractivity contribution in [2.45, 2.75) is 26.1 Å². The van der Waals surface area contributed by atoms with E-state index in [4.69, 9.17) is 5.26 Å². The number of alkyl halides is 1. The molecule has 0 amide bonds. The Morgan fingerprint density at radius 2 is 2.33 bits per heavy atom. The molecule has 0 fully saturated rings. The largest absolute Gasteiger partial charge is 0.350 e. The summed E-state index contributed by atoms with van der Waals surface area (Å²) in [5, 5.41) is 8.49. The molecule has 0 bridgehead atoms. The Kier molecular flexibility index (Phi) is 2.18. The monoisotopic (exact) mass is 166 g/mol. The van der Waals surface area contributed by atoms with Crippen molar-refractivity contribution in [3.63, 3.8) is 0 Å². The molecule has 0 saturated carbocycles. The highest BCUT2D eigenvalue weighted by Crippen LogP contribution is 2.12. The standard InChI is InChI=1S/C9H11FN2/c1-9(2,10)7-12-4-3-8(5-11)6-12/h3-4,6H,7H2,1-2H3. The lowest BCUT2D eigenvalue weighted by molar-refractivity contribution is 0.186. The van der Waals surface area contributed by atoms with Gasteiger partial charge >= 0.3 is 0 Å². The van der Waals surface area contributed by atoms with Gasteiger partial charge in [0.2, 0.25) is 0 Å². The Bertz CT molecular complexity index is 301. The number of halogens is 1. The Morgan fingerprint density at radius 1 is 1.67 bits per heavy atom. The third-order valence-electron chi connectivity index (χ3n) is 1.44. The van der Waals surface area contributed by atoms with Gasteiger partial charge in [-0.1, -0.05) is 0 Å². The van der Waals surface area contributed by atoms with E-state index in [9.17, 15) is 4.39 Å². The van der Waals surface area contributed by atoms with Crippen molar-refractivity contribution in [2.24, 2.45) is 0 Å². The third-order valence-corrected chi connectivity index (χ3v) is 1.44. The average Bonchev–Trinajstić information content (AvgIpc) is 2.32. The molecule has 0 unspecified atom stereocenters. The van der Waals surface area contributed by atoms with Crippen LogP contribution >= 0.6 is 0 Å². The summed E-state index contributed by atoms with van der Waals surface area (Å²) in [5.74, 6) is 0. The van der Waals surface area contributed by atoms with Crippen LogP contribution in [-0.4, -0.2) is 10.2 Å². The van der Waals surface area contributed by atoms with Crippen molar-refractivity contribution in [3.05, 3.63) is 24.0 Å². The van der Waals surface area contributed by atoms with Crippen LogP contribution in [0.2, 0.25) is 0 Å². The van der Waals surface area contributed by atoms with E-state index in [1.165, 1.54) is 13.8 Å². The van der Waals surface area contributed by atoms with E-state index < -0.39 is 5.67 Å². The van der Waals surface area contributed by atoms with Gasteiger partial charge in [0, 0.05) is 12.4 Å². The highest BCUT2D eigenvalue weighted by Gasteiger charge is 2.15. The molecule has 1 heterocycles. The fourth-order valence-electron chi connectivity index (χ4n) is 1.04. The van der Waals surface area contributed by atoms with Gasteiger partial charge in [0.15, 0.2) is 0 Å². The number of hydrogen-bond acceptors (Lipinski definition) is 1. The number of aromatic nitrogens is 1. The van der Waals surface area contributed by atoms with E-state index in [2.05, 4.69) is 0 Å². The van der Waals surface area contributed by atoms with Crippen LogP contribution in [0.5, 0.6) is 0 Å². The molecule has 12 heavy (non-hydrogen) atoms. The summed E-state index contributed by atoms with van der Waals surface area (Å²) in [4.78, 5) is 0. The lowest BCUT2D eigenvalue weighted by Crippen LogP contribution is -2.19. The van der Waals surface area contributed by atoms with Gasteiger partial charge in [0.25, 0.3) is 0 Å². The van der Waals surface area contributed by atoms with Gasteiger partial charge in [-0.25, -0.2) is 4.39 Å². The molecule has 0 aliphatic rings. The summed E-state index contributed by atoms with van der Waals surface area (Å²) < 4.78 is 14.8. The molecule has 0 N–H and O–H groups in total. The molecule has 0 aliphatic heterocycles. The van der Waals surface area contributed by atoms with Crippen LogP contribution in [0.4, 0.5) is 4.39 Å². The van der Waals surface area contributed by atoms with Crippen LogP contribution in [0.1, 0.15) is 19.4 Å². The van der Waals surface area contributed by atoms with E-state index in [1.54, 1.807) is 23.0 Å². The number of hydrogen-bond donors (Lipinski definition) is 0. The molecule has 1 aromatic heterocycles. The highest BCUT2D eigenvalue weighted by molar-refractivity contribution is 5.25. The predicted molar refractivity (Wildman–Crippen MR) is 44.3 cm³/mol. The Morgan fingerprint density at radius 3 is 2.75 bits per heavy atom. The average molecular weight is 166 g/mol. The highest BCUT2D eigenvalue weighted by atomic mass is 19.1. The summed E-state index contributed by atoms with van der Waals surface area (Å²) >= 11 is 0. The second-order valence-electron chi connectivity index (χ2n) is 3.40. The minimum atomic E-state index is -1.23. The van der Waals surface area contributed by atoms with Crippen LogP contribution in [0, 0.1) is 11.3 Å². The fourth-order valence-corrected chi connectivity index (χ4v) is 1.04. The zero-order valence-corrected chi connectivity index (χ0v) is 7.21. The minimum absolute atomic E-state index is 0.286. The molecule has 1 aromatic rings. The molecule has 0 saturated heterocycles. The molecule has 1 rings (SSSR count). The van der Waals surface area contributed by atoms with Crippen LogP contribution in [-0.2, 0) is 6.54 Å². The van der Waals surface area contributed by atoms with Crippen LogP contribution in [0.25, 0.3) is 0 Å². The molecule has 0 aromatic carbocycles. The van der Waals surface area contributed by atoms with E-state index in [0.717, 1.165) is 0 Å². The summed E-state index contributed by atoms with van der Waals surface area (Å²) in [5.41, 5.74) is -0.662. The summed E-state index contributed by atoms with van der Waals surface area (Å²) in [7, 11) is 0. The Labute approximate surface area is 71.2 Å². The SMILES string of the molecule is CC(C)(F)Cn1ccc(C#N)c1. The van der Waals surface area contributed by atoms with Crippen LogP contribution in [0.3, 0.4) is 0 Å². The van der Waals surface area contributed by atoms with Crippen molar-refractivity contribution < 1.29 is 4.39 Å². The first-order valence-electron chi connectivity index (χ1n) is 3.76. The molecule has 64 valence electrons. The van der Waals surface area contributed by atoms with E-state index >= 15 is 0 Å². The molecule has 2 nitrogen and oxygen atoms in total. The molecular formula is C9H11FN2. The van der Waals surface area contributed by atoms with Crippen molar-refractivity contribution in [1.29, 1.82) is 5.26 Å². The lowest BCUT2D eigenvalue weighted by Gasteiger charge is -2.14. The maximum atomic E-state index is 13.1. The summed E-state index contributed by atoms with van der Waals surface area (Å²) in [6, 6.07) is 3.66. The molecule has 3 heteroatoms. The van der Waals surface area contributed by atoms with Crippen molar-refractivity contribution in [3.8, 4) is 6.07 Å². The maximum Gasteiger partial charge on any atom is 0.123 e. The van der Waals surface area contributed by atoms with E-state index in [0.29, 0.717) is 5.56 Å². The minimum Gasteiger partial charge on any atom is -0.350 e. The zero-order valence-electron chi connectivity index (χ0n) is 7.21. The molecule has 0 atom stereocenters. The first-order valence-corrected chi connectivity index (χ1v) is 3.76. The Balaban J connectivity index is 2.72. The summed E-state index contributed by atoms with van der Waals surface area (Å²) in [6.45, 7) is 3.31. The molecular weight excluding hydrogens is 155 g/mol. The van der Waals surface area contributed by atoms with Crippen LogP contribution in [0.15, 0.2) is 18.5 Å². The topological polar surface area (TPSA) is 28.7 Å². The normalized spacial score (nSPS) is 11.2. The van der Waals surface area contributed by atoms with Crippen LogP contribution < -0.4 is 0 Å². The first kappa shape index (κ1) is 8.79. The van der Waals surface area contributed by atoms with E-state index in [-0.39, 0.29) is 6.54 Å². The van der Waals surface area contributed by atoms with E-state index in [1.807, 2.05) is 6.07 Å².